The first kappa shape index (κ1) is 19.9. The maximum Gasteiger partial charge on any atom is 0.158 e. The molecule has 7 nitrogen and oxygen atoms in total. The predicted octanol–water partition coefficient (Wildman–Crippen LogP) is 3.17. The molecule has 5 heterocycles. The van der Waals surface area contributed by atoms with Crippen LogP contribution in [0.2, 0.25) is 0 Å². The van der Waals surface area contributed by atoms with E-state index in [2.05, 4.69) is 46.7 Å². The summed E-state index contributed by atoms with van der Waals surface area (Å²) in [5.74, 6) is 2.96. The number of piperidine rings is 1. The van der Waals surface area contributed by atoms with Gasteiger partial charge in [-0.25, -0.2) is 9.98 Å². The molecule has 0 radical (unpaired) electrons. The van der Waals surface area contributed by atoms with Crippen LogP contribution in [0.4, 0.5) is 0 Å². The molecule has 2 unspecified atom stereocenters. The Bertz CT molecular complexity index is 1160. The van der Waals surface area contributed by atoms with E-state index in [0.717, 1.165) is 53.5 Å². The molecule has 7 heteroatoms. The van der Waals surface area contributed by atoms with E-state index >= 15 is 0 Å². The van der Waals surface area contributed by atoms with Crippen molar-refractivity contribution >= 4 is 28.9 Å². The number of nitrogens with zero attached hydrogens (tertiary/aromatic N) is 4. The number of hydrogen-bond acceptors (Lipinski definition) is 6. The number of aliphatic imine (C=N–C) groups is 3. The number of amidine groups is 2. The summed E-state index contributed by atoms with van der Waals surface area (Å²) in [5.41, 5.74) is 5.67. The van der Waals surface area contributed by atoms with Crippen LogP contribution in [0.1, 0.15) is 43.9 Å². The lowest BCUT2D eigenvalue weighted by Gasteiger charge is -2.37. The SMILES string of the molecule is Cc1cc2c(C3=NC4CN=CC(C5CCC5)=C4C(NC4CCNC[C@@H]4C)=N3)ccnc2[nH]1. The smallest absolute Gasteiger partial charge is 0.158 e. The molecule has 2 aromatic rings. The van der Waals surface area contributed by atoms with Gasteiger partial charge < -0.3 is 15.6 Å². The zero-order valence-corrected chi connectivity index (χ0v) is 18.9. The van der Waals surface area contributed by atoms with Crippen molar-refractivity contribution < 1.29 is 0 Å². The Morgan fingerprint density at radius 2 is 2.09 bits per heavy atom. The monoisotopic (exact) mass is 429 g/mol. The molecule has 166 valence electrons. The van der Waals surface area contributed by atoms with Crippen molar-refractivity contribution in [1.29, 1.82) is 0 Å². The molecule has 6 rings (SSSR count). The Morgan fingerprint density at radius 1 is 1.19 bits per heavy atom. The van der Waals surface area contributed by atoms with Gasteiger partial charge >= 0.3 is 0 Å². The molecule has 32 heavy (non-hydrogen) atoms. The second-order valence-electron chi connectivity index (χ2n) is 9.71. The predicted molar refractivity (Wildman–Crippen MR) is 130 cm³/mol. The fourth-order valence-electron chi connectivity index (χ4n) is 5.39. The fraction of sp³-hybridized carbons (Fsp3) is 0.520. The van der Waals surface area contributed by atoms with E-state index in [1.54, 1.807) is 0 Å². The third-order valence-electron chi connectivity index (χ3n) is 7.46. The second-order valence-corrected chi connectivity index (χ2v) is 9.71. The van der Waals surface area contributed by atoms with Crippen LogP contribution >= 0.6 is 0 Å². The molecule has 3 N–H and O–H groups in total. The number of aryl methyl sites for hydroxylation is 1. The summed E-state index contributed by atoms with van der Waals surface area (Å²) in [7, 11) is 0. The van der Waals surface area contributed by atoms with Crippen molar-refractivity contribution in [3.8, 4) is 0 Å². The number of dihydropyridines is 1. The minimum atomic E-state index is 0.0332. The highest BCUT2D eigenvalue weighted by atomic mass is 15.1. The molecular formula is C25H31N7. The second kappa shape index (κ2) is 7.96. The molecule has 0 spiro atoms. The van der Waals surface area contributed by atoms with E-state index in [0.29, 0.717) is 24.4 Å². The van der Waals surface area contributed by atoms with Gasteiger partial charge in [0.25, 0.3) is 0 Å². The van der Waals surface area contributed by atoms with Crippen LogP contribution in [0.25, 0.3) is 11.0 Å². The van der Waals surface area contributed by atoms with Crippen molar-refractivity contribution in [2.75, 3.05) is 19.6 Å². The summed E-state index contributed by atoms with van der Waals surface area (Å²) in [5, 5.41) is 8.47. The summed E-state index contributed by atoms with van der Waals surface area (Å²) in [6.07, 6.45) is 8.87. The Hall–Kier alpha value is -2.80. The van der Waals surface area contributed by atoms with Crippen molar-refractivity contribution in [3.63, 3.8) is 0 Å². The summed E-state index contributed by atoms with van der Waals surface area (Å²) in [6, 6.07) is 4.62. The minimum Gasteiger partial charge on any atom is -0.367 e. The number of nitrogens with one attached hydrogen (secondary N) is 3. The normalized spacial score (nSPS) is 28.2. The van der Waals surface area contributed by atoms with Crippen LogP contribution in [0.5, 0.6) is 0 Å². The Kier molecular flexibility index (Phi) is 4.94. The lowest BCUT2D eigenvalue weighted by Crippen LogP contribution is -2.51. The van der Waals surface area contributed by atoms with Crippen molar-refractivity contribution in [2.45, 2.75) is 51.6 Å². The highest BCUT2D eigenvalue weighted by molar-refractivity contribution is 6.19. The molecule has 3 aliphatic heterocycles. The van der Waals surface area contributed by atoms with E-state index in [-0.39, 0.29) is 6.04 Å². The maximum absolute atomic E-state index is 5.19. The van der Waals surface area contributed by atoms with Crippen LogP contribution in [0.3, 0.4) is 0 Å². The number of hydrogen-bond donors (Lipinski definition) is 3. The molecule has 2 aromatic heterocycles. The molecule has 2 fully saturated rings. The summed E-state index contributed by atoms with van der Waals surface area (Å²) < 4.78 is 0. The Balaban J connectivity index is 1.46. The van der Waals surface area contributed by atoms with Gasteiger partial charge in [0.05, 0.1) is 6.54 Å². The summed E-state index contributed by atoms with van der Waals surface area (Å²) in [4.78, 5) is 22.9. The number of aromatic nitrogens is 2. The van der Waals surface area contributed by atoms with Gasteiger partial charge in [-0.05, 0) is 68.8 Å². The van der Waals surface area contributed by atoms with Gasteiger partial charge in [-0.3, -0.25) is 9.98 Å². The van der Waals surface area contributed by atoms with Crippen LogP contribution in [-0.2, 0) is 0 Å². The van der Waals surface area contributed by atoms with Crippen molar-refractivity contribution in [2.24, 2.45) is 26.8 Å². The number of aromatic amines is 1. The van der Waals surface area contributed by atoms with E-state index in [1.165, 1.54) is 30.4 Å². The van der Waals surface area contributed by atoms with Crippen molar-refractivity contribution in [1.82, 2.24) is 20.6 Å². The Labute approximate surface area is 188 Å². The molecule has 3 atom stereocenters. The van der Waals surface area contributed by atoms with Gasteiger partial charge in [0.15, 0.2) is 5.84 Å². The topological polar surface area (TPSA) is 89.8 Å². The average Bonchev–Trinajstić information content (AvgIpc) is 3.14. The number of allylic oxidation sites excluding steroid dienone is 1. The quantitative estimate of drug-likeness (QED) is 0.700. The summed E-state index contributed by atoms with van der Waals surface area (Å²) in [6.45, 7) is 7.16. The standard InChI is InChI=1S/C25H31N7/c1-14-11-26-8-7-20(14)30-25-22-19(16-4-3-5-16)12-27-13-21(22)31-24(32-25)17-6-9-28-23-18(17)10-15(2)29-23/h6,9-10,12,14,16,20-21,26H,3-5,7-8,11,13H2,1-2H3,(H,28,29)(H,30,31,32)/t14-,20?,21?/m0/s1. The molecule has 0 aromatic carbocycles. The van der Waals surface area contributed by atoms with E-state index in [1.807, 2.05) is 12.3 Å². The first-order valence-corrected chi connectivity index (χ1v) is 12.0. The van der Waals surface area contributed by atoms with E-state index < -0.39 is 0 Å². The van der Waals surface area contributed by atoms with Crippen LogP contribution in [-0.4, -0.2) is 59.6 Å². The van der Waals surface area contributed by atoms with Crippen molar-refractivity contribution in [3.05, 3.63) is 40.7 Å². The van der Waals surface area contributed by atoms with Gasteiger partial charge in [-0.15, -0.1) is 0 Å². The largest absolute Gasteiger partial charge is 0.367 e. The highest BCUT2D eigenvalue weighted by Crippen LogP contribution is 2.38. The fourth-order valence-corrected chi connectivity index (χ4v) is 5.39. The zero-order valence-electron chi connectivity index (χ0n) is 18.9. The molecule has 4 aliphatic rings. The number of pyridine rings is 1. The van der Waals surface area contributed by atoms with Gasteiger partial charge in [-0.2, -0.15) is 0 Å². The number of fused-ring (bicyclic) bond motifs is 2. The molecule has 1 saturated heterocycles. The minimum absolute atomic E-state index is 0.0332. The van der Waals surface area contributed by atoms with Crippen LogP contribution in [0.15, 0.2) is 44.5 Å². The number of H-pyrrole nitrogens is 1. The molecule has 0 bridgehead atoms. The lowest BCUT2D eigenvalue weighted by atomic mass is 9.76. The first-order chi connectivity index (χ1) is 15.7. The van der Waals surface area contributed by atoms with Gasteiger partial charge in [0.1, 0.15) is 17.5 Å². The molecule has 0 amide bonds. The van der Waals surface area contributed by atoms with Crippen LogP contribution < -0.4 is 10.6 Å². The van der Waals surface area contributed by atoms with E-state index in [4.69, 9.17) is 15.0 Å². The number of rotatable bonds is 3. The molecule has 1 saturated carbocycles. The molecule has 1 aliphatic carbocycles. The maximum atomic E-state index is 5.19. The lowest BCUT2D eigenvalue weighted by molar-refractivity contribution is 0.326. The van der Waals surface area contributed by atoms with Crippen LogP contribution in [0, 0.1) is 18.8 Å². The van der Waals surface area contributed by atoms with Gasteiger partial charge in [-0.1, -0.05) is 13.3 Å². The third kappa shape index (κ3) is 3.39. The highest BCUT2D eigenvalue weighted by Gasteiger charge is 2.36. The summed E-state index contributed by atoms with van der Waals surface area (Å²) >= 11 is 0. The zero-order chi connectivity index (χ0) is 21.7. The average molecular weight is 430 g/mol. The van der Waals surface area contributed by atoms with Gasteiger partial charge in [0.2, 0.25) is 0 Å². The van der Waals surface area contributed by atoms with Gasteiger partial charge in [0, 0.05) is 40.7 Å². The third-order valence-corrected chi connectivity index (χ3v) is 7.46. The van der Waals surface area contributed by atoms with E-state index in [9.17, 15) is 0 Å². The Morgan fingerprint density at radius 3 is 2.91 bits per heavy atom. The first-order valence-electron chi connectivity index (χ1n) is 12.0. The molecular weight excluding hydrogens is 398 g/mol.